The van der Waals surface area contributed by atoms with Crippen molar-refractivity contribution in [1.29, 1.82) is 0 Å². The Kier molecular flexibility index (Phi) is 2.87. The minimum Gasteiger partial charge on any atom is -0.389 e. The summed E-state index contributed by atoms with van der Waals surface area (Å²) in [5.74, 6) is -0.797. The van der Waals surface area contributed by atoms with Crippen molar-refractivity contribution in [3.63, 3.8) is 0 Å². The Bertz CT molecular complexity index is 300. The highest BCUT2D eigenvalue weighted by Gasteiger charge is 2.51. The van der Waals surface area contributed by atoms with Crippen molar-refractivity contribution in [2.75, 3.05) is 0 Å². The average molecular weight is 215 g/mol. The molecule has 1 N–H and O–H groups in total. The molecule has 0 aliphatic heterocycles. The third-order valence-corrected chi connectivity index (χ3v) is 3.50. The Morgan fingerprint density at radius 1 is 1.47 bits per heavy atom. The fraction of sp³-hybridized carbons (Fsp3) is 0.900. The van der Waals surface area contributed by atoms with Gasteiger partial charge in [-0.15, -0.1) is 0 Å². The fourth-order valence-electron chi connectivity index (χ4n) is 2.21. The van der Waals surface area contributed by atoms with Gasteiger partial charge in [-0.1, -0.05) is 0 Å². The largest absolute Gasteiger partial charge is 0.389 e. The fourth-order valence-corrected chi connectivity index (χ4v) is 2.21. The zero-order valence-corrected chi connectivity index (χ0v) is 9.32. The first kappa shape index (κ1) is 12.1. The number of carbonyl (C=O) groups excluding carboxylic acids is 1. The van der Waals surface area contributed by atoms with Crippen LogP contribution in [0.3, 0.4) is 0 Å². The van der Waals surface area contributed by atoms with E-state index in [2.05, 4.69) is 0 Å². The van der Waals surface area contributed by atoms with Crippen LogP contribution in [-0.4, -0.2) is 27.0 Å². The summed E-state index contributed by atoms with van der Waals surface area (Å²) >= 11 is 0. The molecule has 0 aromatic carbocycles. The third kappa shape index (κ3) is 2.17. The molecule has 1 fully saturated rings. The number of carbonyl (C=O) groups is 1. The number of aliphatic hydroxyl groups is 1. The van der Waals surface area contributed by atoms with E-state index in [0.717, 1.165) is 0 Å². The molecule has 3 atom stereocenters. The maximum absolute atomic E-state index is 11.3. The molecule has 0 radical (unpaired) electrons. The van der Waals surface area contributed by atoms with Crippen LogP contribution in [0.2, 0.25) is 0 Å². The summed E-state index contributed by atoms with van der Waals surface area (Å²) in [6, 6.07) is 0. The second-order valence-corrected chi connectivity index (χ2v) is 4.98. The smallest absolute Gasteiger partial charge is 0.220 e. The van der Waals surface area contributed by atoms with E-state index in [9.17, 15) is 20.0 Å². The standard InChI is InChI=1S/C10H17NO4/c1-7(12)8-6-9(2,11(14)15)4-5-10(8,3)13/h8,13H,4-6H2,1-3H3/t8-,9-,10-/m1/s1. The van der Waals surface area contributed by atoms with Crippen molar-refractivity contribution >= 4 is 5.78 Å². The quantitative estimate of drug-likeness (QED) is 0.553. The summed E-state index contributed by atoms with van der Waals surface area (Å²) in [5.41, 5.74) is -2.17. The van der Waals surface area contributed by atoms with Gasteiger partial charge in [-0.25, -0.2) is 0 Å². The molecule has 5 heteroatoms. The van der Waals surface area contributed by atoms with Gasteiger partial charge in [0, 0.05) is 24.7 Å². The van der Waals surface area contributed by atoms with Crippen LogP contribution in [0.15, 0.2) is 0 Å². The monoisotopic (exact) mass is 215 g/mol. The van der Waals surface area contributed by atoms with Gasteiger partial charge in [0.25, 0.3) is 0 Å². The Labute approximate surface area is 88.6 Å². The SMILES string of the molecule is CC(=O)[C@H]1C[C@](C)([N+](=O)[O-])CC[C@@]1(C)O. The first-order valence-corrected chi connectivity index (χ1v) is 5.06. The van der Waals surface area contributed by atoms with Crippen LogP contribution in [0.1, 0.15) is 40.0 Å². The van der Waals surface area contributed by atoms with Crippen molar-refractivity contribution in [3.8, 4) is 0 Å². The predicted octanol–water partition coefficient (Wildman–Crippen LogP) is 1.16. The first-order valence-electron chi connectivity index (χ1n) is 5.06. The number of nitro groups is 1. The molecule has 0 saturated heterocycles. The minimum atomic E-state index is -1.10. The van der Waals surface area contributed by atoms with Crippen molar-refractivity contribution < 1.29 is 14.8 Å². The van der Waals surface area contributed by atoms with E-state index < -0.39 is 17.1 Å². The highest BCUT2D eigenvalue weighted by atomic mass is 16.6. The lowest BCUT2D eigenvalue weighted by molar-refractivity contribution is -0.573. The van der Waals surface area contributed by atoms with Crippen LogP contribution in [0, 0.1) is 16.0 Å². The normalized spacial score (nSPS) is 41.2. The summed E-state index contributed by atoms with van der Waals surface area (Å²) < 4.78 is 0. The van der Waals surface area contributed by atoms with E-state index in [4.69, 9.17) is 0 Å². The molecule has 0 heterocycles. The van der Waals surface area contributed by atoms with E-state index in [1.807, 2.05) is 0 Å². The lowest BCUT2D eigenvalue weighted by atomic mass is 9.67. The van der Waals surface area contributed by atoms with Crippen LogP contribution >= 0.6 is 0 Å². The summed E-state index contributed by atoms with van der Waals surface area (Å²) in [6.45, 7) is 4.50. The van der Waals surface area contributed by atoms with Gasteiger partial charge in [-0.05, 0) is 20.3 Å². The van der Waals surface area contributed by atoms with Gasteiger partial charge in [-0.2, -0.15) is 0 Å². The molecule has 1 aliphatic rings. The van der Waals surface area contributed by atoms with E-state index in [-0.39, 0.29) is 17.1 Å². The van der Waals surface area contributed by atoms with Gasteiger partial charge >= 0.3 is 0 Å². The Morgan fingerprint density at radius 3 is 2.40 bits per heavy atom. The predicted molar refractivity (Wildman–Crippen MR) is 54.0 cm³/mol. The lowest BCUT2D eigenvalue weighted by Gasteiger charge is -2.40. The van der Waals surface area contributed by atoms with Crippen LogP contribution in [0.5, 0.6) is 0 Å². The second kappa shape index (κ2) is 3.56. The number of rotatable bonds is 2. The maximum atomic E-state index is 11.3. The van der Waals surface area contributed by atoms with Crippen LogP contribution in [-0.2, 0) is 4.79 Å². The summed E-state index contributed by atoms with van der Waals surface area (Å²) in [6.07, 6.45) is 0.744. The molecule has 1 saturated carbocycles. The molecule has 1 aliphatic carbocycles. The summed E-state index contributed by atoms with van der Waals surface area (Å²) in [5, 5.41) is 20.8. The number of Topliss-reactive ketones (excluding diaryl/α,β-unsaturated/α-hetero) is 1. The zero-order valence-electron chi connectivity index (χ0n) is 9.32. The summed E-state index contributed by atoms with van der Waals surface area (Å²) in [7, 11) is 0. The molecule has 5 nitrogen and oxygen atoms in total. The Morgan fingerprint density at radius 2 is 2.00 bits per heavy atom. The van der Waals surface area contributed by atoms with Crippen LogP contribution in [0.25, 0.3) is 0 Å². The molecule has 0 unspecified atom stereocenters. The van der Waals surface area contributed by atoms with Gasteiger partial charge in [0.2, 0.25) is 5.54 Å². The topological polar surface area (TPSA) is 80.4 Å². The average Bonchev–Trinajstić information content (AvgIpc) is 2.09. The first-order chi connectivity index (χ1) is 6.69. The van der Waals surface area contributed by atoms with E-state index in [0.29, 0.717) is 12.8 Å². The molecule has 0 amide bonds. The lowest BCUT2D eigenvalue weighted by Crippen LogP contribution is -2.52. The minimum absolute atomic E-state index is 0.127. The molecule has 86 valence electrons. The van der Waals surface area contributed by atoms with Crippen molar-refractivity contribution in [3.05, 3.63) is 10.1 Å². The molecular formula is C10H17NO4. The number of hydrogen-bond acceptors (Lipinski definition) is 4. The van der Waals surface area contributed by atoms with Crippen molar-refractivity contribution in [2.24, 2.45) is 5.92 Å². The van der Waals surface area contributed by atoms with Crippen molar-refractivity contribution in [1.82, 2.24) is 0 Å². The highest BCUT2D eigenvalue weighted by Crippen LogP contribution is 2.40. The number of nitrogens with zero attached hydrogens (tertiary/aromatic N) is 1. The van der Waals surface area contributed by atoms with E-state index >= 15 is 0 Å². The van der Waals surface area contributed by atoms with Crippen molar-refractivity contribution in [2.45, 2.75) is 51.2 Å². The molecular weight excluding hydrogens is 198 g/mol. The van der Waals surface area contributed by atoms with E-state index in [1.54, 1.807) is 6.92 Å². The zero-order chi connectivity index (χ0) is 11.9. The summed E-state index contributed by atoms with van der Waals surface area (Å²) in [4.78, 5) is 21.9. The Hall–Kier alpha value is -0.970. The van der Waals surface area contributed by atoms with Gasteiger partial charge in [0.1, 0.15) is 5.78 Å². The van der Waals surface area contributed by atoms with Gasteiger partial charge in [-0.3, -0.25) is 14.9 Å². The third-order valence-electron chi connectivity index (χ3n) is 3.50. The molecule has 15 heavy (non-hydrogen) atoms. The maximum Gasteiger partial charge on any atom is 0.220 e. The van der Waals surface area contributed by atoms with Gasteiger partial charge < -0.3 is 5.11 Å². The van der Waals surface area contributed by atoms with Gasteiger partial charge in [0.05, 0.1) is 11.5 Å². The second-order valence-electron chi connectivity index (χ2n) is 4.98. The molecule has 0 bridgehead atoms. The number of hydrogen-bond donors (Lipinski definition) is 1. The molecule has 1 rings (SSSR count). The van der Waals surface area contributed by atoms with E-state index in [1.165, 1.54) is 13.8 Å². The molecule has 0 aromatic rings. The molecule has 0 aromatic heterocycles. The van der Waals surface area contributed by atoms with Crippen LogP contribution < -0.4 is 0 Å². The Balaban J connectivity index is 2.93. The number of ketones is 1. The molecule has 0 spiro atoms. The van der Waals surface area contributed by atoms with Gasteiger partial charge in [0.15, 0.2) is 0 Å². The highest BCUT2D eigenvalue weighted by molar-refractivity contribution is 5.79. The van der Waals surface area contributed by atoms with Crippen LogP contribution in [0.4, 0.5) is 0 Å².